The number of hydrogen-bond donors (Lipinski definition) is 1. The zero-order valence-electron chi connectivity index (χ0n) is 8.19. The minimum Gasteiger partial charge on any atom is -0.388 e. The Labute approximate surface area is 97.8 Å². The van der Waals surface area contributed by atoms with Gasteiger partial charge in [-0.05, 0) is 4.92 Å². The fourth-order valence-electron chi connectivity index (χ4n) is 1.18. The summed E-state index contributed by atoms with van der Waals surface area (Å²) >= 11 is 5.23. The Bertz CT molecular complexity index is 420. The molecule has 0 spiro atoms. The summed E-state index contributed by atoms with van der Waals surface area (Å²) in [5.41, 5.74) is 0. The highest BCUT2D eigenvalue weighted by molar-refractivity contribution is 6.18. The van der Waals surface area contributed by atoms with Crippen molar-refractivity contribution >= 4 is 17.4 Å². The van der Waals surface area contributed by atoms with E-state index in [1.54, 1.807) is 0 Å². The van der Waals surface area contributed by atoms with Crippen molar-refractivity contribution in [3.63, 3.8) is 0 Å². The Morgan fingerprint density at radius 1 is 1.65 bits per heavy atom. The molecule has 6 nitrogen and oxygen atoms in total. The zero-order valence-corrected chi connectivity index (χ0v) is 8.94. The highest BCUT2D eigenvalue weighted by atomic mass is 35.5. The molecule has 0 radical (unpaired) electrons. The van der Waals surface area contributed by atoms with Crippen molar-refractivity contribution in [2.75, 3.05) is 5.88 Å². The third-order valence-corrected chi connectivity index (χ3v) is 2.20. The zero-order chi connectivity index (χ0) is 13.2. The van der Waals surface area contributed by atoms with Crippen molar-refractivity contribution in [2.45, 2.75) is 18.8 Å². The van der Waals surface area contributed by atoms with E-state index in [-0.39, 0.29) is 10.4 Å². The maximum absolute atomic E-state index is 12.5. The number of aliphatic hydroxyl groups excluding tert-OH is 1. The SMILES string of the molecule is O=[N+]([O-])c1cnc(C(F)(F)F)n1C[C@@H](O)CCl. The first-order chi connectivity index (χ1) is 7.77. The van der Waals surface area contributed by atoms with Crippen molar-refractivity contribution in [1.82, 2.24) is 9.55 Å². The Morgan fingerprint density at radius 3 is 2.65 bits per heavy atom. The first-order valence-electron chi connectivity index (χ1n) is 4.28. The molecule has 1 heterocycles. The summed E-state index contributed by atoms with van der Waals surface area (Å²) in [7, 11) is 0. The van der Waals surface area contributed by atoms with Crippen LogP contribution in [0.15, 0.2) is 6.20 Å². The fourth-order valence-corrected chi connectivity index (χ4v) is 1.28. The van der Waals surface area contributed by atoms with Gasteiger partial charge >= 0.3 is 17.8 Å². The highest BCUT2D eigenvalue weighted by Gasteiger charge is 2.42. The van der Waals surface area contributed by atoms with Gasteiger partial charge in [-0.1, -0.05) is 0 Å². The van der Waals surface area contributed by atoms with Gasteiger partial charge in [-0.3, -0.25) is 0 Å². The van der Waals surface area contributed by atoms with Gasteiger partial charge in [-0.15, -0.1) is 11.6 Å². The molecule has 0 saturated carbocycles. The molecule has 1 aromatic heterocycles. The largest absolute Gasteiger partial charge is 0.473 e. The average Bonchev–Trinajstić information content (AvgIpc) is 2.60. The number of aromatic nitrogens is 2. The van der Waals surface area contributed by atoms with Crippen LogP contribution in [-0.4, -0.2) is 31.6 Å². The smallest absolute Gasteiger partial charge is 0.388 e. The van der Waals surface area contributed by atoms with Crippen LogP contribution in [0.25, 0.3) is 0 Å². The number of alkyl halides is 4. The molecule has 0 amide bonds. The van der Waals surface area contributed by atoms with Crippen molar-refractivity contribution in [3.8, 4) is 0 Å². The van der Waals surface area contributed by atoms with Crippen LogP contribution in [0.2, 0.25) is 0 Å². The third-order valence-electron chi connectivity index (χ3n) is 1.85. The van der Waals surface area contributed by atoms with E-state index in [2.05, 4.69) is 4.98 Å². The predicted octanol–water partition coefficient (Wildman–Crippen LogP) is 1.41. The minimum absolute atomic E-state index is 0.285. The van der Waals surface area contributed by atoms with Gasteiger partial charge in [0.1, 0.15) is 18.8 Å². The van der Waals surface area contributed by atoms with Crippen LogP contribution in [0.3, 0.4) is 0 Å². The van der Waals surface area contributed by atoms with Crippen molar-refractivity contribution in [3.05, 3.63) is 22.1 Å². The van der Waals surface area contributed by atoms with Crippen LogP contribution in [0, 0.1) is 10.1 Å². The van der Waals surface area contributed by atoms with Gasteiger partial charge in [-0.25, -0.2) is 4.98 Å². The molecule has 0 fully saturated rings. The number of nitro groups is 1. The monoisotopic (exact) mass is 273 g/mol. The van der Waals surface area contributed by atoms with Crippen LogP contribution < -0.4 is 0 Å². The molecule has 1 aromatic rings. The Hall–Kier alpha value is -1.35. The normalized spacial score (nSPS) is 13.7. The lowest BCUT2D eigenvalue weighted by atomic mass is 10.4. The topological polar surface area (TPSA) is 81.2 Å². The van der Waals surface area contributed by atoms with E-state index in [4.69, 9.17) is 16.7 Å². The van der Waals surface area contributed by atoms with E-state index >= 15 is 0 Å². The summed E-state index contributed by atoms with van der Waals surface area (Å²) in [6.07, 6.45) is -5.67. The van der Waals surface area contributed by atoms with Gasteiger partial charge in [-0.2, -0.15) is 17.7 Å². The van der Waals surface area contributed by atoms with Crippen LogP contribution >= 0.6 is 11.6 Å². The maximum Gasteiger partial charge on any atom is 0.473 e. The molecular weight excluding hydrogens is 267 g/mol. The summed E-state index contributed by atoms with van der Waals surface area (Å²) in [5.74, 6) is -2.62. The molecule has 0 aliphatic carbocycles. The van der Waals surface area contributed by atoms with Crippen LogP contribution in [0.5, 0.6) is 0 Å². The number of rotatable bonds is 4. The molecule has 0 aliphatic heterocycles. The van der Waals surface area contributed by atoms with Gasteiger partial charge < -0.3 is 15.2 Å². The molecular formula is C7H7ClF3N3O3. The lowest BCUT2D eigenvalue weighted by Crippen LogP contribution is -2.23. The lowest BCUT2D eigenvalue weighted by molar-refractivity contribution is -0.392. The Balaban J connectivity index is 3.20. The van der Waals surface area contributed by atoms with Crippen LogP contribution in [0.1, 0.15) is 5.82 Å². The average molecular weight is 274 g/mol. The van der Waals surface area contributed by atoms with Gasteiger partial charge in [0, 0.05) is 0 Å². The van der Waals surface area contributed by atoms with Crippen molar-refractivity contribution in [2.24, 2.45) is 0 Å². The highest BCUT2D eigenvalue weighted by Crippen LogP contribution is 2.31. The summed E-state index contributed by atoms with van der Waals surface area (Å²) in [4.78, 5) is 12.4. The first-order valence-corrected chi connectivity index (χ1v) is 4.82. The second kappa shape index (κ2) is 4.88. The second-order valence-electron chi connectivity index (χ2n) is 3.11. The number of halogens is 4. The van der Waals surface area contributed by atoms with E-state index in [1.807, 2.05) is 0 Å². The second-order valence-corrected chi connectivity index (χ2v) is 3.42. The van der Waals surface area contributed by atoms with Crippen LogP contribution in [0.4, 0.5) is 19.0 Å². The molecule has 96 valence electrons. The van der Waals surface area contributed by atoms with E-state index < -0.39 is 35.4 Å². The molecule has 0 saturated heterocycles. The Kier molecular flexibility index (Phi) is 3.94. The molecule has 1 rings (SSSR count). The minimum atomic E-state index is -4.83. The van der Waals surface area contributed by atoms with E-state index in [0.717, 1.165) is 0 Å². The first kappa shape index (κ1) is 13.7. The van der Waals surface area contributed by atoms with Gasteiger partial charge in [0.25, 0.3) is 0 Å². The predicted molar refractivity (Wildman–Crippen MR) is 50.6 cm³/mol. The van der Waals surface area contributed by atoms with E-state index in [0.29, 0.717) is 6.20 Å². The molecule has 0 unspecified atom stereocenters. The maximum atomic E-state index is 12.5. The number of nitrogens with zero attached hydrogens (tertiary/aromatic N) is 3. The van der Waals surface area contributed by atoms with E-state index in [1.165, 1.54) is 0 Å². The Morgan fingerprint density at radius 2 is 2.24 bits per heavy atom. The van der Waals surface area contributed by atoms with E-state index in [9.17, 15) is 23.3 Å². The molecule has 0 bridgehead atoms. The quantitative estimate of drug-likeness (QED) is 0.511. The molecule has 17 heavy (non-hydrogen) atoms. The number of aliphatic hydroxyl groups is 1. The number of imidazole rings is 1. The van der Waals surface area contributed by atoms with Gasteiger partial charge in [0.05, 0.1) is 5.88 Å². The summed E-state index contributed by atoms with van der Waals surface area (Å²) in [6.45, 7) is -0.644. The fraction of sp³-hybridized carbons (Fsp3) is 0.571. The van der Waals surface area contributed by atoms with Crippen molar-refractivity contribution < 1.29 is 23.2 Å². The molecule has 1 atom stereocenters. The molecule has 1 N–H and O–H groups in total. The summed E-state index contributed by atoms with van der Waals surface area (Å²) in [5, 5.41) is 19.7. The van der Waals surface area contributed by atoms with Crippen molar-refractivity contribution in [1.29, 1.82) is 0 Å². The molecule has 0 aliphatic rings. The van der Waals surface area contributed by atoms with Crippen LogP contribution in [-0.2, 0) is 12.7 Å². The van der Waals surface area contributed by atoms with Gasteiger partial charge in [0.15, 0.2) is 0 Å². The summed E-state index contributed by atoms with van der Waals surface area (Å²) < 4.78 is 37.7. The molecule has 0 aromatic carbocycles. The lowest BCUT2D eigenvalue weighted by Gasteiger charge is -2.09. The molecule has 10 heteroatoms. The standard InChI is InChI=1S/C7H7ClF3N3O3/c8-1-4(15)3-13-5(14(16)17)2-12-6(13)7(9,10)11/h2,4,15H,1,3H2/t4-/m0/s1. The number of hydrogen-bond acceptors (Lipinski definition) is 4. The van der Waals surface area contributed by atoms with Gasteiger partial charge in [0.2, 0.25) is 0 Å². The summed E-state index contributed by atoms with van der Waals surface area (Å²) in [6, 6.07) is 0. The third kappa shape index (κ3) is 3.07.